The van der Waals surface area contributed by atoms with Crippen LogP contribution in [0.5, 0.6) is 0 Å². The van der Waals surface area contributed by atoms with Crippen molar-refractivity contribution in [2.75, 3.05) is 33.4 Å². The molecule has 0 saturated heterocycles. The lowest BCUT2D eigenvalue weighted by molar-refractivity contribution is -0.121. The molecule has 27 heavy (non-hydrogen) atoms. The van der Waals surface area contributed by atoms with E-state index >= 15 is 0 Å². The average Bonchev–Trinajstić information content (AvgIpc) is 2.64. The number of para-hydroxylation sites is 1. The lowest BCUT2D eigenvalue weighted by atomic mass is 10.2. The van der Waals surface area contributed by atoms with Crippen LogP contribution < -0.4 is 16.2 Å². The molecule has 0 spiro atoms. The first-order chi connectivity index (χ1) is 13.0. The van der Waals surface area contributed by atoms with Crippen LogP contribution in [0.2, 0.25) is 0 Å². The van der Waals surface area contributed by atoms with Crippen molar-refractivity contribution in [2.45, 2.75) is 19.9 Å². The lowest BCUT2D eigenvalue weighted by Gasteiger charge is -2.20. The van der Waals surface area contributed by atoms with Crippen molar-refractivity contribution in [1.82, 2.24) is 25.5 Å². The largest absolute Gasteiger partial charge is 0.383 e. The van der Waals surface area contributed by atoms with E-state index < -0.39 is 11.9 Å². The number of carbonyl (C=O) groups excluding carboxylic acids is 2. The molecule has 146 valence electrons. The molecular formula is C18H25N5O4. The molecule has 0 aliphatic heterocycles. The second kappa shape index (κ2) is 10.4. The van der Waals surface area contributed by atoms with Crippen molar-refractivity contribution in [3.05, 3.63) is 40.4 Å². The predicted molar refractivity (Wildman–Crippen MR) is 101 cm³/mol. The van der Waals surface area contributed by atoms with Crippen LogP contribution in [-0.2, 0) is 16.1 Å². The Kier molecular flexibility index (Phi) is 7.90. The van der Waals surface area contributed by atoms with E-state index in [1.807, 2.05) is 13.0 Å². The Morgan fingerprint density at radius 1 is 1.30 bits per heavy atom. The fourth-order valence-corrected chi connectivity index (χ4v) is 2.51. The predicted octanol–water partition coefficient (Wildman–Crippen LogP) is 0.607. The molecule has 3 amide bonds. The number of hydrogen-bond acceptors (Lipinski definition) is 6. The van der Waals surface area contributed by atoms with Crippen LogP contribution >= 0.6 is 0 Å². The number of fused-ring (bicyclic) bond motifs is 1. The number of hydrogen-bond donors (Lipinski definition) is 3. The Morgan fingerprint density at radius 2 is 2.07 bits per heavy atom. The van der Waals surface area contributed by atoms with E-state index in [-0.39, 0.29) is 18.6 Å². The Hall–Kier alpha value is -2.78. The molecule has 0 atom stereocenters. The first-order valence-electron chi connectivity index (χ1n) is 8.80. The molecule has 2 rings (SSSR count). The maximum absolute atomic E-state index is 12.2. The number of benzene rings is 1. The topological polar surface area (TPSA) is 116 Å². The van der Waals surface area contributed by atoms with E-state index in [2.05, 4.69) is 20.6 Å². The van der Waals surface area contributed by atoms with Gasteiger partial charge in [-0.1, -0.05) is 19.1 Å². The van der Waals surface area contributed by atoms with Crippen molar-refractivity contribution in [3.63, 3.8) is 0 Å². The molecular weight excluding hydrogens is 350 g/mol. The number of nitrogens with zero attached hydrogens (tertiary/aromatic N) is 2. The van der Waals surface area contributed by atoms with E-state index in [1.54, 1.807) is 30.2 Å². The molecule has 0 unspecified atom stereocenters. The average molecular weight is 375 g/mol. The Labute approximate surface area is 157 Å². The molecule has 9 heteroatoms. The second-order valence-electron chi connectivity index (χ2n) is 6.04. The number of aromatic nitrogens is 2. The summed E-state index contributed by atoms with van der Waals surface area (Å²) in [6.07, 6.45) is 0.780. The highest BCUT2D eigenvalue weighted by Crippen LogP contribution is 2.07. The number of aromatic amines is 1. The van der Waals surface area contributed by atoms with Crippen LogP contribution in [0, 0.1) is 0 Å². The number of carbonyl (C=O) groups is 2. The summed E-state index contributed by atoms with van der Waals surface area (Å²) < 4.78 is 5.07. The van der Waals surface area contributed by atoms with Gasteiger partial charge in [-0.05, 0) is 18.6 Å². The third-order valence-corrected chi connectivity index (χ3v) is 3.80. The van der Waals surface area contributed by atoms with Gasteiger partial charge in [-0.2, -0.15) is 0 Å². The van der Waals surface area contributed by atoms with Gasteiger partial charge in [-0.15, -0.1) is 0 Å². The fraction of sp³-hybridized carbons (Fsp3) is 0.444. The van der Waals surface area contributed by atoms with Crippen molar-refractivity contribution in [1.29, 1.82) is 0 Å². The zero-order chi connectivity index (χ0) is 19.6. The Balaban J connectivity index is 2.06. The Bertz CT molecular complexity index is 836. The number of rotatable bonds is 9. The first kappa shape index (κ1) is 20.5. The van der Waals surface area contributed by atoms with E-state index in [9.17, 15) is 14.4 Å². The van der Waals surface area contributed by atoms with Crippen molar-refractivity contribution in [2.24, 2.45) is 0 Å². The summed E-state index contributed by atoms with van der Waals surface area (Å²) in [7, 11) is 1.56. The molecule has 0 radical (unpaired) electrons. The smallest absolute Gasteiger partial charge is 0.321 e. The van der Waals surface area contributed by atoms with Gasteiger partial charge in [0.25, 0.3) is 5.56 Å². The summed E-state index contributed by atoms with van der Waals surface area (Å²) in [6, 6.07) is 6.53. The molecule has 1 aromatic carbocycles. The van der Waals surface area contributed by atoms with Crippen LogP contribution in [-0.4, -0.2) is 60.2 Å². The van der Waals surface area contributed by atoms with E-state index in [1.165, 1.54) is 0 Å². The number of imide groups is 1. The third-order valence-electron chi connectivity index (χ3n) is 3.80. The van der Waals surface area contributed by atoms with Crippen LogP contribution in [0.25, 0.3) is 10.9 Å². The van der Waals surface area contributed by atoms with Gasteiger partial charge in [-0.3, -0.25) is 19.8 Å². The van der Waals surface area contributed by atoms with Crippen molar-refractivity contribution < 1.29 is 14.3 Å². The van der Waals surface area contributed by atoms with Gasteiger partial charge in [0.05, 0.1) is 30.6 Å². The highest BCUT2D eigenvalue weighted by Gasteiger charge is 2.15. The summed E-state index contributed by atoms with van der Waals surface area (Å²) in [5.74, 6) is 0.000815. The summed E-state index contributed by atoms with van der Waals surface area (Å²) in [6.45, 7) is 3.47. The highest BCUT2D eigenvalue weighted by atomic mass is 16.5. The molecule has 0 bridgehead atoms. The van der Waals surface area contributed by atoms with E-state index in [4.69, 9.17) is 4.74 Å². The SMILES string of the molecule is CCCNC(=O)NC(=O)CN(CCOC)Cc1nc2ccccc2c(=O)[nH]1. The van der Waals surface area contributed by atoms with E-state index in [0.29, 0.717) is 36.4 Å². The molecule has 0 fully saturated rings. The standard InChI is InChI=1S/C18H25N5O4/c1-3-8-19-18(26)22-16(24)12-23(9-10-27-2)11-15-20-14-7-5-4-6-13(14)17(25)21-15/h4-7H,3,8-12H2,1-2H3,(H,20,21,25)(H2,19,22,24,26). The molecule has 1 heterocycles. The second-order valence-corrected chi connectivity index (χ2v) is 6.04. The molecule has 1 aromatic heterocycles. The maximum Gasteiger partial charge on any atom is 0.321 e. The zero-order valence-corrected chi connectivity index (χ0v) is 15.6. The van der Waals surface area contributed by atoms with Gasteiger partial charge in [0.2, 0.25) is 5.91 Å². The lowest BCUT2D eigenvalue weighted by Crippen LogP contribution is -2.45. The molecule has 0 aliphatic carbocycles. The first-order valence-corrected chi connectivity index (χ1v) is 8.80. The number of nitrogens with one attached hydrogen (secondary N) is 3. The van der Waals surface area contributed by atoms with Crippen molar-refractivity contribution in [3.8, 4) is 0 Å². The maximum atomic E-state index is 12.2. The molecule has 3 N–H and O–H groups in total. The zero-order valence-electron chi connectivity index (χ0n) is 15.6. The number of methoxy groups -OCH3 is 1. The summed E-state index contributed by atoms with van der Waals surface area (Å²) in [5.41, 5.74) is 0.358. The Morgan fingerprint density at radius 3 is 2.81 bits per heavy atom. The molecule has 0 saturated carbocycles. The normalized spacial score (nSPS) is 10.9. The number of urea groups is 1. The van der Waals surface area contributed by atoms with Crippen LogP contribution in [0.1, 0.15) is 19.2 Å². The minimum absolute atomic E-state index is 0.0283. The third kappa shape index (κ3) is 6.46. The molecule has 9 nitrogen and oxygen atoms in total. The summed E-state index contributed by atoms with van der Waals surface area (Å²) >= 11 is 0. The number of H-pyrrole nitrogens is 1. The molecule has 0 aliphatic rings. The van der Waals surface area contributed by atoms with Crippen LogP contribution in [0.15, 0.2) is 29.1 Å². The van der Waals surface area contributed by atoms with Gasteiger partial charge >= 0.3 is 6.03 Å². The summed E-state index contributed by atoms with van der Waals surface area (Å²) in [4.78, 5) is 44.8. The molecule has 2 aromatic rings. The summed E-state index contributed by atoms with van der Waals surface area (Å²) in [5, 5.41) is 5.38. The van der Waals surface area contributed by atoms with Crippen molar-refractivity contribution >= 4 is 22.8 Å². The quantitative estimate of drug-likeness (QED) is 0.591. The van der Waals surface area contributed by atoms with Crippen LogP contribution in [0.4, 0.5) is 4.79 Å². The van der Waals surface area contributed by atoms with Gasteiger partial charge in [0.15, 0.2) is 0 Å². The minimum atomic E-state index is -0.522. The highest BCUT2D eigenvalue weighted by molar-refractivity contribution is 5.95. The fourth-order valence-electron chi connectivity index (χ4n) is 2.51. The van der Waals surface area contributed by atoms with Gasteiger partial charge in [0, 0.05) is 20.2 Å². The monoisotopic (exact) mass is 375 g/mol. The van der Waals surface area contributed by atoms with Gasteiger partial charge in [-0.25, -0.2) is 9.78 Å². The minimum Gasteiger partial charge on any atom is -0.383 e. The van der Waals surface area contributed by atoms with Crippen LogP contribution in [0.3, 0.4) is 0 Å². The van der Waals surface area contributed by atoms with Gasteiger partial charge < -0.3 is 15.0 Å². The van der Waals surface area contributed by atoms with Gasteiger partial charge in [0.1, 0.15) is 5.82 Å². The number of amides is 3. The number of ether oxygens (including phenoxy) is 1. The van der Waals surface area contributed by atoms with E-state index in [0.717, 1.165) is 6.42 Å².